The van der Waals surface area contributed by atoms with Crippen molar-refractivity contribution in [3.05, 3.63) is 29.8 Å². The van der Waals surface area contributed by atoms with Crippen LogP contribution in [0.1, 0.15) is 37.7 Å². The Morgan fingerprint density at radius 2 is 2.04 bits per heavy atom. The Morgan fingerprint density at radius 1 is 1.22 bits per heavy atom. The zero-order chi connectivity index (χ0) is 19.1. The summed E-state index contributed by atoms with van der Waals surface area (Å²) >= 11 is 2.64. The lowest BCUT2D eigenvalue weighted by Crippen LogP contribution is -2.45. The molecule has 0 spiro atoms. The molecule has 144 valence electrons. The first-order valence-electron chi connectivity index (χ1n) is 8.99. The first-order chi connectivity index (χ1) is 13.1. The summed E-state index contributed by atoms with van der Waals surface area (Å²) in [5.74, 6) is -0.214. The molecule has 1 aromatic heterocycles. The van der Waals surface area contributed by atoms with Crippen LogP contribution in [-0.4, -0.2) is 33.9 Å². The third-order valence-corrected chi connectivity index (χ3v) is 6.17. The van der Waals surface area contributed by atoms with E-state index in [0.29, 0.717) is 9.47 Å². The van der Waals surface area contributed by atoms with Gasteiger partial charge in [-0.2, -0.15) is 0 Å². The van der Waals surface area contributed by atoms with Crippen molar-refractivity contribution in [2.75, 3.05) is 11.1 Å². The first-order valence-corrected chi connectivity index (χ1v) is 10.8. The molecule has 3 rings (SSSR count). The van der Waals surface area contributed by atoms with E-state index in [2.05, 4.69) is 26.1 Å². The Morgan fingerprint density at radius 3 is 2.81 bits per heavy atom. The van der Waals surface area contributed by atoms with E-state index in [1.54, 1.807) is 0 Å². The molecule has 3 N–H and O–H groups in total. The molecular formula is C18H23N5O2S2. The van der Waals surface area contributed by atoms with Crippen LogP contribution in [0.5, 0.6) is 0 Å². The Balaban J connectivity index is 1.41. The first kappa shape index (κ1) is 19.6. The molecule has 0 bridgehead atoms. The normalized spacial score (nSPS) is 14.6. The third-order valence-electron chi connectivity index (χ3n) is 4.20. The van der Waals surface area contributed by atoms with Crippen LogP contribution in [-0.2, 0) is 4.79 Å². The number of nitrogens with zero attached hydrogens (tertiary/aromatic N) is 2. The van der Waals surface area contributed by atoms with Gasteiger partial charge in [-0.05, 0) is 37.5 Å². The molecule has 3 amide bonds. The number of aromatic nitrogens is 2. The van der Waals surface area contributed by atoms with Gasteiger partial charge in [0.15, 0.2) is 4.34 Å². The summed E-state index contributed by atoms with van der Waals surface area (Å²) < 4.78 is 0.674. The van der Waals surface area contributed by atoms with Crippen LogP contribution < -0.4 is 16.0 Å². The number of rotatable bonds is 6. The summed E-state index contributed by atoms with van der Waals surface area (Å²) in [5, 5.41) is 17.3. The molecule has 0 radical (unpaired) electrons. The minimum Gasteiger partial charge on any atom is -0.335 e. The molecule has 0 atom stereocenters. The number of aryl methyl sites for hydroxylation is 1. The molecule has 1 aliphatic carbocycles. The molecule has 0 unspecified atom stereocenters. The van der Waals surface area contributed by atoms with E-state index in [1.165, 1.54) is 29.5 Å². The Bertz CT molecular complexity index is 790. The quantitative estimate of drug-likeness (QED) is 0.632. The van der Waals surface area contributed by atoms with Crippen LogP contribution in [0.3, 0.4) is 0 Å². The molecule has 7 nitrogen and oxygen atoms in total. The SMILES string of the molecule is Cc1cccc(Nc2nnc(SCC(=O)NC(=O)NC3CCCCC3)s2)c1. The molecule has 9 heteroatoms. The van der Waals surface area contributed by atoms with Crippen molar-refractivity contribution in [2.45, 2.75) is 49.4 Å². The van der Waals surface area contributed by atoms with Gasteiger partial charge in [-0.25, -0.2) is 4.79 Å². The zero-order valence-electron chi connectivity index (χ0n) is 15.2. The van der Waals surface area contributed by atoms with Gasteiger partial charge in [-0.15, -0.1) is 10.2 Å². The lowest BCUT2D eigenvalue weighted by atomic mass is 9.96. The Kier molecular flexibility index (Phi) is 7.05. The maximum atomic E-state index is 12.0. The zero-order valence-corrected chi connectivity index (χ0v) is 16.8. The minimum atomic E-state index is -0.411. The number of anilines is 2. The molecule has 0 saturated heterocycles. The molecule has 1 aliphatic rings. The van der Waals surface area contributed by atoms with Crippen molar-refractivity contribution in [1.29, 1.82) is 0 Å². The standard InChI is InChI=1S/C18H23N5O2S2/c1-12-6-5-9-14(10-12)20-17-22-23-18(27-17)26-11-15(24)21-16(25)19-13-7-3-2-4-8-13/h5-6,9-10,13H,2-4,7-8,11H2,1H3,(H,20,22)(H2,19,21,24,25). The fraction of sp³-hybridized carbons (Fsp3) is 0.444. The lowest BCUT2D eigenvalue weighted by Gasteiger charge is -2.22. The largest absolute Gasteiger partial charge is 0.335 e. The third kappa shape index (κ3) is 6.51. The topological polar surface area (TPSA) is 96.0 Å². The van der Waals surface area contributed by atoms with Crippen molar-refractivity contribution in [3.63, 3.8) is 0 Å². The number of hydrogen-bond acceptors (Lipinski definition) is 7. The van der Waals surface area contributed by atoms with Gasteiger partial charge in [0.25, 0.3) is 0 Å². The fourth-order valence-electron chi connectivity index (χ4n) is 2.92. The van der Waals surface area contributed by atoms with E-state index in [0.717, 1.165) is 36.9 Å². The number of carbonyl (C=O) groups excluding carboxylic acids is 2. The second-order valence-corrected chi connectivity index (χ2v) is 8.71. The van der Waals surface area contributed by atoms with Gasteiger partial charge in [0.2, 0.25) is 11.0 Å². The maximum absolute atomic E-state index is 12.0. The van der Waals surface area contributed by atoms with Gasteiger partial charge in [0.1, 0.15) is 0 Å². The molecular weight excluding hydrogens is 382 g/mol. The van der Waals surface area contributed by atoms with Gasteiger partial charge in [0, 0.05) is 11.7 Å². The van der Waals surface area contributed by atoms with E-state index >= 15 is 0 Å². The van der Waals surface area contributed by atoms with Gasteiger partial charge in [0.05, 0.1) is 5.75 Å². The number of amides is 3. The van der Waals surface area contributed by atoms with Crippen LogP contribution in [0, 0.1) is 6.92 Å². The van der Waals surface area contributed by atoms with Gasteiger partial charge in [-0.3, -0.25) is 10.1 Å². The molecule has 1 aromatic carbocycles. The van der Waals surface area contributed by atoms with E-state index in [1.807, 2.05) is 31.2 Å². The summed E-state index contributed by atoms with van der Waals surface area (Å²) in [6.45, 7) is 2.02. The number of urea groups is 1. The molecule has 0 aliphatic heterocycles. The Labute approximate surface area is 166 Å². The van der Waals surface area contributed by atoms with E-state index in [4.69, 9.17) is 0 Å². The van der Waals surface area contributed by atoms with Crippen LogP contribution in [0.4, 0.5) is 15.6 Å². The number of thioether (sulfide) groups is 1. The van der Waals surface area contributed by atoms with Crippen molar-refractivity contribution in [3.8, 4) is 0 Å². The average Bonchev–Trinajstić information content (AvgIpc) is 3.08. The van der Waals surface area contributed by atoms with Crippen LogP contribution >= 0.6 is 23.1 Å². The van der Waals surface area contributed by atoms with Gasteiger partial charge < -0.3 is 10.6 Å². The fourth-order valence-corrected chi connectivity index (χ4v) is 4.50. The predicted molar refractivity (Wildman–Crippen MR) is 109 cm³/mol. The summed E-state index contributed by atoms with van der Waals surface area (Å²) in [6.07, 6.45) is 5.45. The molecule has 1 saturated carbocycles. The summed E-state index contributed by atoms with van der Waals surface area (Å²) in [5.41, 5.74) is 2.10. The molecule has 2 aromatic rings. The highest BCUT2D eigenvalue weighted by molar-refractivity contribution is 8.01. The number of benzene rings is 1. The molecule has 1 heterocycles. The van der Waals surface area contributed by atoms with Crippen LogP contribution in [0.15, 0.2) is 28.6 Å². The van der Waals surface area contributed by atoms with Crippen molar-refractivity contribution in [2.24, 2.45) is 0 Å². The van der Waals surface area contributed by atoms with E-state index in [9.17, 15) is 9.59 Å². The highest BCUT2D eigenvalue weighted by atomic mass is 32.2. The lowest BCUT2D eigenvalue weighted by molar-refractivity contribution is -0.117. The van der Waals surface area contributed by atoms with Gasteiger partial charge in [-0.1, -0.05) is 54.5 Å². The number of carbonyl (C=O) groups is 2. The van der Waals surface area contributed by atoms with E-state index < -0.39 is 6.03 Å². The number of nitrogens with one attached hydrogen (secondary N) is 3. The van der Waals surface area contributed by atoms with Crippen molar-refractivity contribution >= 4 is 45.9 Å². The van der Waals surface area contributed by atoms with Gasteiger partial charge >= 0.3 is 6.03 Å². The van der Waals surface area contributed by atoms with Crippen LogP contribution in [0.25, 0.3) is 0 Å². The number of imide groups is 1. The second-order valence-electron chi connectivity index (χ2n) is 6.51. The predicted octanol–water partition coefficient (Wildman–Crippen LogP) is 3.84. The highest BCUT2D eigenvalue weighted by Crippen LogP contribution is 2.27. The number of hydrogen-bond donors (Lipinski definition) is 3. The van der Waals surface area contributed by atoms with Crippen molar-refractivity contribution < 1.29 is 9.59 Å². The smallest absolute Gasteiger partial charge is 0.321 e. The molecule has 1 fully saturated rings. The summed E-state index contributed by atoms with van der Waals surface area (Å²) in [7, 11) is 0. The summed E-state index contributed by atoms with van der Waals surface area (Å²) in [6, 6.07) is 7.74. The second kappa shape index (κ2) is 9.70. The molecule has 27 heavy (non-hydrogen) atoms. The minimum absolute atomic E-state index is 0.122. The monoisotopic (exact) mass is 405 g/mol. The Hall–Kier alpha value is -2.13. The van der Waals surface area contributed by atoms with Crippen molar-refractivity contribution in [1.82, 2.24) is 20.8 Å². The average molecular weight is 406 g/mol. The summed E-state index contributed by atoms with van der Waals surface area (Å²) in [4.78, 5) is 23.8. The van der Waals surface area contributed by atoms with Crippen LogP contribution in [0.2, 0.25) is 0 Å². The van der Waals surface area contributed by atoms with E-state index in [-0.39, 0.29) is 17.7 Å². The highest BCUT2D eigenvalue weighted by Gasteiger charge is 2.17. The maximum Gasteiger partial charge on any atom is 0.321 e.